The zero-order valence-corrected chi connectivity index (χ0v) is 14.6. The Bertz CT molecular complexity index is 561. The van der Waals surface area contributed by atoms with E-state index in [1.807, 2.05) is 32.9 Å². The second kappa shape index (κ2) is 8.31. The summed E-state index contributed by atoms with van der Waals surface area (Å²) in [4.78, 5) is 11.5. The number of carbonyl (C=O) groups excluding carboxylic acids is 1. The molecule has 0 aliphatic carbocycles. The lowest BCUT2D eigenvalue weighted by Gasteiger charge is -2.19. The van der Waals surface area contributed by atoms with Crippen molar-refractivity contribution < 1.29 is 23.7 Å². The number of hydrogen-bond donors (Lipinski definition) is 1. The summed E-state index contributed by atoms with van der Waals surface area (Å²) in [6, 6.07) is 3.65. The topological polar surface area (TPSA) is 66.0 Å². The largest absolute Gasteiger partial charge is 0.493 e. The standard InChI is InChI=1S/C17H25NO5/c1-17(2,3)23-16(19)18-11-7-8-12-9-10-13(20-4)15(22-6)14(12)21-5/h7-10H,11H2,1-6H3,(H,18,19). The van der Waals surface area contributed by atoms with E-state index in [0.717, 1.165) is 5.56 Å². The molecule has 0 atom stereocenters. The van der Waals surface area contributed by atoms with Gasteiger partial charge in [-0.2, -0.15) is 0 Å². The van der Waals surface area contributed by atoms with Crippen molar-refractivity contribution in [3.8, 4) is 17.2 Å². The molecule has 6 heteroatoms. The van der Waals surface area contributed by atoms with Crippen LogP contribution in [0.2, 0.25) is 0 Å². The third kappa shape index (κ3) is 5.73. The average Bonchev–Trinajstić information content (AvgIpc) is 2.48. The van der Waals surface area contributed by atoms with E-state index in [0.29, 0.717) is 23.8 Å². The van der Waals surface area contributed by atoms with Gasteiger partial charge in [0.1, 0.15) is 5.60 Å². The quantitative estimate of drug-likeness (QED) is 0.870. The molecule has 1 aromatic rings. The number of amides is 1. The van der Waals surface area contributed by atoms with Crippen LogP contribution in [0.5, 0.6) is 17.2 Å². The smallest absolute Gasteiger partial charge is 0.407 e. The highest BCUT2D eigenvalue weighted by Gasteiger charge is 2.15. The van der Waals surface area contributed by atoms with E-state index in [-0.39, 0.29) is 0 Å². The van der Waals surface area contributed by atoms with Gasteiger partial charge in [-0.1, -0.05) is 12.2 Å². The fraction of sp³-hybridized carbons (Fsp3) is 0.471. The van der Waals surface area contributed by atoms with Crippen LogP contribution in [0.25, 0.3) is 6.08 Å². The van der Waals surface area contributed by atoms with Crippen LogP contribution in [-0.2, 0) is 4.74 Å². The molecule has 0 aliphatic heterocycles. The number of alkyl carbamates (subject to hydrolysis) is 1. The summed E-state index contributed by atoms with van der Waals surface area (Å²) in [6.07, 6.45) is 3.17. The van der Waals surface area contributed by atoms with Crippen molar-refractivity contribution in [3.63, 3.8) is 0 Å². The Morgan fingerprint density at radius 2 is 1.74 bits per heavy atom. The number of benzene rings is 1. The van der Waals surface area contributed by atoms with Crippen molar-refractivity contribution in [2.45, 2.75) is 26.4 Å². The van der Waals surface area contributed by atoms with E-state index in [1.165, 1.54) is 0 Å². The summed E-state index contributed by atoms with van der Waals surface area (Å²) < 4.78 is 21.1. The maximum atomic E-state index is 11.5. The summed E-state index contributed by atoms with van der Waals surface area (Å²) in [7, 11) is 4.68. The fourth-order valence-corrected chi connectivity index (χ4v) is 1.90. The molecule has 0 heterocycles. The lowest BCUT2D eigenvalue weighted by molar-refractivity contribution is 0.0534. The number of hydrogen-bond acceptors (Lipinski definition) is 5. The van der Waals surface area contributed by atoms with E-state index < -0.39 is 11.7 Å². The number of ether oxygens (including phenoxy) is 4. The lowest BCUT2D eigenvalue weighted by atomic mass is 10.1. The minimum atomic E-state index is -0.514. The van der Waals surface area contributed by atoms with Gasteiger partial charge in [-0.15, -0.1) is 0 Å². The molecule has 0 radical (unpaired) electrons. The van der Waals surface area contributed by atoms with Crippen molar-refractivity contribution >= 4 is 12.2 Å². The second-order valence-corrected chi connectivity index (χ2v) is 5.71. The predicted molar refractivity (Wildman–Crippen MR) is 89.4 cm³/mol. The highest BCUT2D eigenvalue weighted by atomic mass is 16.6. The van der Waals surface area contributed by atoms with Crippen molar-refractivity contribution in [3.05, 3.63) is 23.8 Å². The predicted octanol–water partition coefficient (Wildman–Crippen LogP) is 3.25. The number of rotatable bonds is 6. The van der Waals surface area contributed by atoms with Crippen LogP contribution in [0.15, 0.2) is 18.2 Å². The molecule has 128 valence electrons. The first kappa shape index (κ1) is 18.7. The van der Waals surface area contributed by atoms with Gasteiger partial charge in [0.25, 0.3) is 0 Å². The molecule has 1 N–H and O–H groups in total. The first-order valence-corrected chi connectivity index (χ1v) is 7.24. The minimum Gasteiger partial charge on any atom is -0.493 e. The van der Waals surface area contributed by atoms with E-state index in [4.69, 9.17) is 18.9 Å². The Kier molecular flexibility index (Phi) is 6.75. The molecule has 1 rings (SSSR count). The second-order valence-electron chi connectivity index (χ2n) is 5.71. The molecular weight excluding hydrogens is 298 g/mol. The Labute approximate surface area is 137 Å². The van der Waals surface area contributed by atoms with Crippen LogP contribution < -0.4 is 19.5 Å². The fourth-order valence-electron chi connectivity index (χ4n) is 1.90. The Morgan fingerprint density at radius 3 is 2.26 bits per heavy atom. The first-order valence-electron chi connectivity index (χ1n) is 7.24. The minimum absolute atomic E-state index is 0.340. The van der Waals surface area contributed by atoms with Crippen LogP contribution in [0.1, 0.15) is 26.3 Å². The highest BCUT2D eigenvalue weighted by Crippen LogP contribution is 2.40. The van der Waals surface area contributed by atoms with Gasteiger partial charge in [0, 0.05) is 12.1 Å². The number of carbonyl (C=O) groups is 1. The molecule has 0 saturated heterocycles. The summed E-state index contributed by atoms with van der Waals surface area (Å²) in [5, 5.41) is 2.65. The van der Waals surface area contributed by atoms with Crippen LogP contribution in [0.4, 0.5) is 4.79 Å². The molecule has 0 aliphatic rings. The summed E-state index contributed by atoms with van der Waals surface area (Å²) in [5.41, 5.74) is 0.302. The maximum Gasteiger partial charge on any atom is 0.407 e. The van der Waals surface area contributed by atoms with Crippen LogP contribution in [0, 0.1) is 0 Å². The van der Waals surface area contributed by atoms with Gasteiger partial charge < -0.3 is 24.3 Å². The monoisotopic (exact) mass is 323 g/mol. The molecule has 0 spiro atoms. The molecule has 1 aromatic carbocycles. The van der Waals surface area contributed by atoms with Gasteiger partial charge in [0.2, 0.25) is 5.75 Å². The Morgan fingerprint density at radius 1 is 1.09 bits per heavy atom. The van der Waals surface area contributed by atoms with Gasteiger partial charge in [-0.05, 0) is 32.9 Å². The molecule has 23 heavy (non-hydrogen) atoms. The van der Waals surface area contributed by atoms with E-state index in [2.05, 4.69) is 5.32 Å². The number of nitrogens with one attached hydrogen (secondary N) is 1. The third-order valence-corrected chi connectivity index (χ3v) is 2.80. The first-order chi connectivity index (χ1) is 10.8. The molecule has 0 saturated carbocycles. The van der Waals surface area contributed by atoms with Gasteiger partial charge in [0.15, 0.2) is 11.5 Å². The number of methoxy groups -OCH3 is 3. The normalized spacial score (nSPS) is 11.2. The van der Waals surface area contributed by atoms with Crippen LogP contribution in [-0.4, -0.2) is 39.6 Å². The van der Waals surface area contributed by atoms with Gasteiger partial charge >= 0.3 is 6.09 Å². The molecule has 0 unspecified atom stereocenters. The van der Waals surface area contributed by atoms with Crippen molar-refractivity contribution in [1.29, 1.82) is 0 Å². The molecule has 6 nitrogen and oxygen atoms in total. The third-order valence-electron chi connectivity index (χ3n) is 2.80. The van der Waals surface area contributed by atoms with Crippen LogP contribution in [0.3, 0.4) is 0 Å². The highest BCUT2D eigenvalue weighted by molar-refractivity contribution is 5.69. The summed E-state index contributed by atoms with van der Waals surface area (Å²) in [5.74, 6) is 1.69. The lowest BCUT2D eigenvalue weighted by Crippen LogP contribution is -2.32. The summed E-state index contributed by atoms with van der Waals surface area (Å²) in [6.45, 7) is 5.79. The summed E-state index contributed by atoms with van der Waals surface area (Å²) >= 11 is 0. The zero-order valence-electron chi connectivity index (χ0n) is 14.6. The van der Waals surface area contributed by atoms with E-state index in [1.54, 1.807) is 33.5 Å². The molecule has 0 fully saturated rings. The molecular formula is C17H25NO5. The van der Waals surface area contributed by atoms with Gasteiger partial charge in [-0.3, -0.25) is 0 Å². The molecule has 1 amide bonds. The maximum absolute atomic E-state index is 11.5. The molecule has 0 aromatic heterocycles. The van der Waals surface area contributed by atoms with Crippen molar-refractivity contribution in [2.75, 3.05) is 27.9 Å². The molecule has 0 bridgehead atoms. The van der Waals surface area contributed by atoms with Crippen molar-refractivity contribution in [1.82, 2.24) is 5.32 Å². The average molecular weight is 323 g/mol. The Balaban J connectivity index is 2.75. The van der Waals surface area contributed by atoms with Gasteiger partial charge in [0.05, 0.1) is 21.3 Å². The van der Waals surface area contributed by atoms with E-state index in [9.17, 15) is 4.79 Å². The SMILES string of the molecule is COc1ccc(C=CCNC(=O)OC(C)(C)C)c(OC)c1OC. The Hall–Kier alpha value is -2.37. The van der Waals surface area contributed by atoms with Crippen molar-refractivity contribution in [2.24, 2.45) is 0 Å². The van der Waals surface area contributed by atoms with Crippen LogP contribution >= 0.6 is 0 Å². The zero-order chi connectivity index (χ0) is 17.5. The van der Waals surface area contributed by atoms with Gasteiger partial charge in [-0.25, -0.2) is 4.79 Å². The van der Waals surface area contributed by atoms with E-state index >= 15 is 0 Å².